The highest BCUT2D eigenvalue weighted by atomic mass is 16.6. The average Bonchev–Trinajstić information content (AvgIpc) is 3.07. The molecule has 0 aliphatic rings. The van der Waals surface area contributed by atoms with E-state index < -0.39 is 36.5 Å². The minimum atomic E-state index is -1.41. The Morgan fingerprint density at radius 1 is 0.761 bits per heavy atom. The molecular weight excluding hydrogens is 592 g/mol. The molecule has 12 nitrogen and oxygen atoms in total. The number of carbonyl (C=O) groups is 4. The van der Waals surface area contributed by atoms with Gasteiger partial charge in [0.2, 0.25) is 12.2 Å². The van der Waals surface area contributed by atoms with Gasteiger partial charge in [-0.3, -0.25) is 10.5 Å². The topological polar surface area (TPSA) is 173 Å². The van der Waals surface area contributed by atoms with E-state index >= 15 is 0 Å². The minimum Gasteiger partial charge on any atom is -0.444 e. The summed E-state index contributed by atoms with van der Waals surface area (Å²) in [6, 6.07) is 27.4. The van der Waals surface area contributed by atoms with Crippen LogP contribution in [0.25, 0.3) is 0 Å². The van der Waals surface area contributed by atoms with Crippen molar-refractivity contribution < 1.29 is 38.1 Å². The summed E-state index contributed by atoms with van der Waals surface area (Å²) >= 11 is 0. The van der Waals surface area contributed by atoms with Crippen molar-refractivity contribution in [2.45, 2.75) is 64.6 Å². The van der Waals surface area contributed by atoms with E-state index in [9.17, 15) is 19.2 Å². The summed E-state index contributed by atoms with van der Waals surface area (Å²) in [7, 11) is 0. The Kier molecular flexibility index (Phi) is 14.9. The van der Waals surface area contributed by atoms with Gasteiger partial charge >= 0.3 is 24.1 Å². The number of nitrogens with zero attached hydrogens (tertiary/aromatic N) is 2. The van der Waals surface area contributed by atoms with Crippen LogP contribution in [0.1, 0.15) is 61.8 Å². The number of hydrogen-bond donors (Lipinski definition) is 2. The normalized spacial score (nSPS) is 12.4. The van der Waals surface area contributed by atoms with E-state index in [0.717, 1.165) is 21.6 Å². The lowest BCUT2D eigenvalue weighted by molar-refractivity contribution is -0.170. The standard InChI is InChI=1S/C34H40N4O8/c1-25(28-19-11-6-12-20-28)45-30(35)31(40)46-29(39)21-13-2-3-14-22-38(34(42)44-24-27-17-9-5-10-18-27)32(36)37-33(41)43-23-26-15-7-4-8-16-26/h4-12,15-20,25,30H,2-3,13-14,21-24,35H2,1H3,(H2,36,37,41)/t25-,30+/m1/s1. The maximum atomic E-state index is 12.9. The fourth-order valence-electron chi connectivity index (χ4n) is 4.19. The molecule has 0 aliphatic carbocycles. The summed E-state index contributed by atoms with van der Waals surface area (Å²) < 4.78 is 20.9. The molecule has 2 atom stereocenters. The first-order valence-electron chi connectivity index (χ1n) is 15.0. The van der Waals surface area contributed by atoms with Gasteiger partial charge in [0.15, 0.2) is 0 Å². The summed E-state index contributed by atoms with van der Waals surface area (Å²) in [5, 5.41) is 0. The summed E-state index contributed by atoms with van der Waals surface area (Å²) in [5.41, 5.74) is 14.2. The van der Waals surface area contributed by atoms with Crippen LogP contribution in [-0.4, -0.2) is 47.8 Å². The molecule has 0 fully saturated rings. The molecule has 0 aromatic heterocycles. The Balaban J connectivity index is 1.43. The number of ether oxygens (including phenoxy) is 4. The molecule has 2 amide bonds. The second kappa shape index (κ2) is 19.3. The van der Waals surface area contributed by atoms with E-state index in [-0.39, 0.29) is 32.1 Å². The predicted octanol–water partition coefficient (Wildman–Crippen LogP) is 5.36. The van der Waals surface area contributed by atoms with Crippen LogP contribution in [0.2, 0.25) is 0 Å². The van der Waals surface area contributed by atoms with Crippen molar-refractivity contribution in [3.8, 4) is 0 Å². The number of nitrogens with two attached hydrogens (primary N) is 2. The first-order valence-corrected chi connectivity index (χ1v) is 15.0. The van der Waals surface area contributed by atoms with E-state index in [1.54, 1.807) is 31.2 Å². The number of hydrogen-bond acceptors (Lipinski definition) is 9. The highest BCUT2D eigenvalue weighted by Crippen LogP contribution is 2.17. The van der Waals surface area contributed by atoms with Crippen LogP contribution in [0.15, 0.2) is 96.0 Å². The molecule has 46 heavy (non-hydrogen) atoms. The fourth-order valence-corrected chi connectivity index (χ4v) is 4.19. The van der Waals surface area contributed by atoms with Gasteiger partial charge in [0, 0.05) is 13.0 Å². The second-order valence-corrected chi connectivity index (χ2v) is 10.3. The van der Waals surface area contributed by atoms with Gasteiger partial charge in [-0.2, -0.15) is 0 Å². The number of guanidine groups is 1. The zero-order valence-electron chi connectivity index (χ0n) is 25.8. The van der Waals surface area contributed by atoms with E-state index in [0.29, 0.717) is 25.7 Å². The number of amides is 2. The van der Waals surface area contributed by atoms with Gasteiger partial charge < -0.3 is 24.7 Å². The molecule has 3 aromatic rings. The molecule has 0 saturated carbocycles. The first-order chi connectivity index (χ1) is 22.2. The number of rotatable bonds is 15. The summed E-state index contributed by atoms with van der Waals surface area (Å²) in [5.74, 6) is -2.04. The molecule has 3 aromatic carbocycles. The molecular formula is C34H40N4O8. The maximum Gasteiger partial charge on any atom is 0.437 e. The third-order valence-electron chi connectivity index (χ3n) is 6.69. The lowest BCUT2D eigenvalue weighted by atomic mass is 10.1. The molecule has 12 heteroatoms. The molecule has 0 unspecified atom stereocenters. The highest BCUT2D eigenvalue weighted by Gasteiger charge is 2.23. The predicted molar refractivity (Wildman–Crippen MR) is 170 cm³/mol. The third-order valence-corrected chi connectivity index (χ3v) is 6.69. The van der Waals surface area contributed by atoms with Crippen molar-refractivity contribution >= 4 is 30.1 Å². The number of esters is 2. The van der Waals surface area contributed by atoms with Crippen LogP contribution < -0.4 is 11.5 Å². The summed E-state index contributed by atoms with van der Waals surface area (Å²) in [6.45, 7) is 1.84. The smallest absolute Gasteiger partial charge is 0.437 e. The number of carbonyl (C=O) groups excluding carboxylic acids is 4. The van der Waals surface area contributed by atoms with Gasteiger partial charge in [-0.25, -0.2) is 19.3 Å². The Morgan fingerprint density at radius 3 is 1.91 bits per heavy atom. The van der Waals surface area contributed by atoms with E-state index in [1.165, 1.54) is 0 Å². The van der Waals surface area contributed by atoms with Crippen LogP contribution in [-0.2, 0) is 41.8 Å². The molecule has 0 radical (unpaired) electrons. The molecule has 0 heterocycles. The van der Waals surface area contributed by atoms with Gasteiger partial charge in [0.05, 0.1) is 6.10 Å². The highest BCUT2D eigenvalue weighted by molar-refractivity contribution is 5.97. The largest absolute Gasteiger partial charge is 0.444 e. The summed E-state index contributed by atoms with van der Waals surface area (Å²) in [6.07, 6.45) is -1.55. The van der Waals surface area contributed by atoms with Gasteiger partial charge in [0.25, 0.3) is 0 Å². The van der Waals surface area contributed by atoms with Gasteiger partial charge in [-0.1, -0.05) is 104 Å². The number of aliphatic imine (C=N–C) groups is 1. The van der Waals surface area contributed by atoms with Crippen molar-refractivity contribution in [1.29, 1.82) is 0 Å². The molecule has 244 valence electrons. The average molecular weight is 633 g/mol. The minimum absolute atomic E-state index is 0.00258. The zero-order valence-corrected chi connectivity index (χ0v) is 25.8. The van der Waals surface area contributed by atoms with Crippen LogP contribution in [0, 0.1) is 0 Å². The quantitative estimate of drug-likeness (QED) is 0.0422. The fraction of sp³-hybridized carbons (Fsp3) is 0.324. The van der Waals surface area contributed by atoms with Crippen molar-refractivity contribution in [1.82, 2.24) is 4.90 Å². The Labute approximate surface area is 268 Å². The van der Waals surface area contributed by atoms with E-state index in [1.807, 2.05) is 66.7 Å². The zero-order chi connectivity index (χ0) is 33.1. The monoisotopic (exact) mass is 632 g/mol. The number of benzene rings is 3. The maximum absolute atomic E-state index is 12.9. The van der Waals surface area contributed by atoms with Crippen molar-refractivity contribution in [3.63, 3.8) is 0 Å². The molecule has 0 spiro atoms. The van der Waals surface area contributed by atoms with Crippen molar-refractivity contribution in [2.75, 3.05) is 6.54 Å². The molecule has 3 rings (SSSR count). The Morgan fingerprint density at radius 2 is 1.30 bits per heavy atom. The molecule has 4 N–H and O–H groups in total. The van der Waals surface area contributed by atoms with Crippen LogP contribution in [0.4, 0.5) is 9.59 Å². The van der Waals surface area contributed by atoms with Crippen molar-refractivity contribution in [3.05, 3.63) is 108 Å². The Hall–Kier alpha value is -5.07. The Bertz CT molecular complexity index is 1420. The van der Waals surface area contributed by atoms with E-state index in [2.05, 4.69) is 4.99 Å². The SMILES string of the molecule is C[C@@H](O[C@H](N)C(=O)OC(=O)CCCCCCN(C(=O)OCc1ccccc1)C(N)=NC(=O)OCc1ccccc1)c1ccccc1. The van der Waals surface area contributed by atoms with Crippen LogP contribution in [0.3, 0.4) is 0 Å². The van der Waals surface area contributed by atoms with Crippen molar-refractivity contribution in [2.24, 2.45) is 16.5 Å². The molecule has 0 aliphatic heterocycles. The number of unbranched alkanes of at least 4 members (excludes halogenated alkanes) is 3. The summed E-state index contributed by atoms with van der Waals surface area (Å²) in [4.78, 5) is 54.4. The van der Waals surface area contributed by atoms with Gasteiger partial charge in [-0.05, 0) is 36.5 Å². The van der Waals surface area contributed by atoms with Crippen LogP contribution in [0.5, 0.6) is 0 Å². The molecule has 0 saturated heterocycles. The van der Waals surface area contributed by atoms with E-state index in [4.69, 9.17) is 30.4 Å². The van der Waals surface area contributed by atoms with Crippen LogP contribution >= 0.6 is 0 Å². The van der Waals surface area contributed by atoms with Gasteiger partial charge in [-0.15, -0.1) is 4.99 Å². The third kappa shape index (κ3) is 12.9. The lowest BCUT2D eigenvalue weighted by Crippen LogP contribution is -2.43. The molecule has 0 bridgehead atoms. The second-order valence-electron chi connectivity index (χ2n) is 10.3. The lowest BCUT2D eigenvalue weighted by Gasteiger charge is -2.21. The first kappa shape index (κ1) is 35.4. The van der Waals surface area contributed by atoms with Gasteiger partial charge in [0.1, 0.15) is 13.2 Å².